The van der Waals surface area contributed by atoms with Crippen molar-refractivity contribution in [1.29, 1.82) is 0 Å². The van der Waals surface area contributed by atoms with E-state index in [2.05, 4.69) is 21.2 Å². The van der Waals surface area contributed by atoms with Crippen LogP contribution in [0.4, 0.5) is 10.1 Å². The van der Waals surface area contributed by atoms with Crippen molar-refractivity contribution in [2.24, 2.45) is 0 Å². The summed E-state index contributed by atoms with van der Waals surface area (Å²) in [7, 11) is 0. The highest BCUT2D eigenvalue weighted by Crippen LogP contribution is 2.16. The molecule has 4 nitrogen and oxygen atoms in total. The van der Waals surface area contributed by atoms with E-state index in [1.54, 1.807) is 30.3 Å². The number of anilines is 1. The van der Waals surface area contributed by atoms with Crippen molar-refractivity contribution >= 4 is 27.5 Å². The van der Waals surface area contributed by atoms with Crippen LogP contribution in [0.5, 0.6) is 0 Å². The van der Waals surface area contributed by atoms with Gasteiger partial charge >= 0.3 is 0 Å². The molecular weight excluding hydrogens is 339 g/mol. The van der Waals surface area contributed by atoms with Crippen LogP contribution in [0.2, 0.25) is 0 Å². The lowest BCUT2D eigenvalue weighted by molar-refractivity contribution is 0.0912. The van der Waals surface area contributed by atoms with Crippen molar-refractivity contribution < 1.29 is 14.3 Å². The highest BCUT2D eigenvalue weighted by atomic mass is 79.9. The predicted octanol–water partition coefficient (Wildman–Crippen LogP) is 2.63. The van der Waals surface area contributed by atoms with Crippen molar-refractivity contribution in [3.8, 4) is 0 Å². The average molecular weight is 353 g/mol. The van der Waals surface area contributed by atoms with Gasteiger partial charge < -0.3 is 16.2 Å². The summed E-state index contributed by atoms with van der Waals surface area (Å²) in [5.74, 6) is -1.20. The van der Waals surface area contributed by atoms with Gasteiger partial charge in [-0.2, -0.15) is 0 Å². The summed E-state index contributed by atoms with van der Waals surface area (Å²) in [6, 6.07) is 10.8. The number of carbonyl (C=O) groups is 1. The lowest BCUT2D eigenvalue weighted by Crippen LogP contribution is -2.29. The summed E-state index contributed by atoms with van der Waals surface area (Å²) in [5.41, 5.74) is 6.71. The number of carbonyl (C=O) groups excluding carboxylic acids is 1. The third kappa shape index (κ3) is 4.03. The Hall–Kier alpha value is -1.92. The molecule has 0 aliphatic heterocycles. The van der Waals surface area contributed by atoms with E-state index in [9.17, 15) is 14.3 Å². The highest BCUT2D eigenvalue weighted by molar-refractivity contribution is 9.10. The van der Waals surface area contributed by atoms with Gasteiger partial charge in [-0.1, -0.05) is 28.1 Å². The second-order valence-electron chi connectivity index (χ2n) is 4.52. The van der Waals surface area contributed by atoms with E-state index in [1.165, 1.54) is 12.1 Å². The molecule has 6 heteroatoms. The number of amides is 1. The van der Waals surface area contributed by atoms with E-state index < -0.39 is 17.8 Å². The van der Waals surface area contributed by atoms with Gasteiger partial charge in [-0.25, -0.2) is 4.39 Å². The molecule has 2 aromatic carbocycles. The average Bonchev–Trinajstić information content (AvgIpc) is 2.45. The molecule has 21 heavy (non-hydrogen) atoms. The van der Waals surface area contributed by atoms with Crippen LogP contribution >= 0.6 is 15.9 Å². The summed E-state index contributed by atoms with van der Waals surface area (Å²) in [6.07, 6.45) is -0.881. The summed E-state index contributed by atoms with van der Waals surface area (Å²) in [4.78, 5) is 11.9. The van der Waals surface area contributed by atoms with Crippen LogP contribution in [0.25, 0.3) is 0 Å². The second kappa shape index (κ2) is 6.69. The largest absolute Gasteiger partial charge is 0.399 e. The molecule has 1 amide bonds. The smallest absolute Gasteiger partial charge is 0.254 e. The first-order chi connectivity index (χ1) is 9.97. The Morgan fingerprint density at radius 2 is 1.95 bits per heavy atom. The molecule has 0 bridgehead atoms. The summed E-state index contributed by atoms with van der Waals surface area (Å²) >= 11 is 3.12. The van der Waals surface area contributed by atoms with Gasteiger partial charge in [-0.15, -0.1) is 0 Å². The van der Waals surface area contributed by atoms with Crippen molar-refractivity contribution in [2.45, 2.75) is 6.10 Å². The molecule has 1 atom stereocenters. The number of benzene rings is 2. The third-order valence-corrected chi connectivity index (χ3v) is 3.45. The number of aliphatic hydroxyl groups is 1. The number of nitrogens with two attached hydrogens (primary N) is 1. The topological polar surface area (TPSA) is 75.3 Å². The van der Waals surface area contributed by atoms with E-state index in [4.69, 9.17) is 5.73 Å². The van der Waals surface area contributed by atoms with Crippen molar-refractivity contribution in [3.05, 3.63) is 63.9 Å². The third-order valence-electron chi connectivity index (χ3n) is 2.95. The number of halogens is 2. The van der Waals surface area contributed by atoms with Gasteiger partial charge in [-0.05, 0) is 35.9 Å². The lowest BCUT2D eigenvalue weighted by Gasteiger charge is -2.13. The molecule has 2 aromatic rings. The maximum absolute atomic E-state index is 13.6. The predicted molar refractivity (Wildman–Crippen MR) is 82.2 cm³/mol. The molecule has 0 saturated heterocycles. The zero-order chi connectivity index (χ0) is 15.4. The fraction of sp³-hybridized carbons (Fsp3) is 0.133. The van der Waals surface area contributed by atoms with Crippen LogP contribution in [-0.4, -0.2) is 17.6 Å². The number of rotatable bonds is 4. The van der Waals surface area contributed by atoms with Gasteiger partial charge in [0.2, 0.25) is 0 Å². The van der Waals surface area contributed by atoms with Crippen LogP contribution in [0, 0.1) is 5.82 Å². The number of aliphatic hydroxyl groups excluding tert-OH is 1. The Balaban J connectivity index is 1.99. The van der Waals surface area contributed by atoms with E-state index in [1.807, 2.05) is 0 Å². The van der Waals surface area contributed by atoms with Crippen LogP contribution in [0.3, 0.4) is 0 Å². The summed E-state index contributed by atoms with van der Waals surface area (Å²) in [6.45, 7) is -0.0156. The molecule has 2 rings (SSSR count). The molecule has 4 N–H and O–H groups in total. The Bertz CT molecular complexity index is 647. The fourth-order valence-corrected chi connectivity index (χ4v) is 2.13. The van der Waals surface area contributed by atoms with Gasteiger partial charge in [0.15, 0.2) is 0 Å². The number of hydrogen-bond acceptors (Lipinski definition) is 3. The Kier molecular flexibility index (Phi) is 4.93. The monoisotopic (exact) mass is 352 g/mol. The molecule has 0 spiro atoms. The van der Waals surface area contributed by atoms with Gasteiger partial charge in [0, 0.05) is 16.7 Å². The maximum Gasteiger partial charge on any atom is 0.254 e. The number of nitrogen functional groups attached to an aromatic ring is 1. The standard InChI is InChI=1S/C15H14BrFN2O2/c16-10-3-6-12(13(17)7-10)15(21)19-8-14(20)9-1-4-11(18)5-2-9/h1-7,14,20H,8,18H2,(H,19,21). The molecule has 110 valence electrons. The quantitative estimate of drug-likeness (QED) is 0.740. The second-order valence-corrected chi connectivity index (χ2v) is 5.43. The number of nitrogens with one attached hydrogen (secondary N) is 1. The molecule has 0 fully saturated rings. The molecule has 0 aliphatic rings. The molecule has 0 aromatic heterocycles. The maximum atomic E-state index is 13.6. The fourth-order valence-electron chi connectivity index (χ4n) is 1.79. The normalized spacial score (nSPS) is 12.0. The molecule has 1 unspecified atom stereocenters. The van der Waals surface area contributed by atoms with Crippen LogP contribution < -0.4 is 11.1 Å². The zero-order valence-corrected chi connectivity index (χ0v) is 12.6. The first-order valence-electron chi connectivity index (χ1n) is 6.24. The van der Waals surface area contributed by atoms with E-state index in [0.717, 1.165) is 0 Å². The first kappa shape index (κ1) is 15.5. The molecule has 0 saturated carbocycles. The molecule has 0 aliphatic carbocycles. The summed E-state index contributed by atoms with van der Waals surface area (Å²) < 4.78 is 14.2. The first-order valence-corrected chi connectivity index (χ1v) is 7.03. The minimum atomic E-state index is -0.881. The minimum Gasteiger partial charge on any atom is -0.399 e. The minimum absolute atomic E-state index is 0.0156. The van der Waals surface area contributed by atoms with Crippen molar-refractivity contribution in [1.82, 2.24) is 5.32 Å². The summed E-state index contributed by atoms with van der Waals surface area (Å²) in [5, 5.41) is 12.5. The van der Waals surface area contributed by atoms with Gasteiger partial charge in [0.1, 0.15) is 5.82 Å². The van der Waals surface area contributed by atoms with Gasteiger partial charge in [-0.3, -0.25) is 4.79 Å². The zero-order valence-electron chi connectivity index (χ0n) is 11.0. The van der Waals surface area contributed by atoms with Gasteiger partial charge in [0.05, 0.1) is 11.7 Å². The molecule has 0 radical (unpaired) electrons. The Morgan fingerprint density at radius 3 is 2.57 bits per heavy atom. The molecule has 0 heterocycles. The van der Waals surface area contributed by atoms with E-state index >= 15 is 0 Å². The van der Waals surface area contributed by atoms with Crippen molar-refractivity contribution in [3.63, 3.8) is 0 Å². The van der Waals surface area contributed by atoms with Crippen LogP contribution in [-0.2, 0) is 0 Å². The van der Waals surface area contributed by atoms with E-state index in [0.29, 0.717) is 15.7 Å². The lowest BCUT2D eigenvalue weighted by atomic mass is 10.1. The Morgan fingerprint density at radius 1 is 1.29 bits per heavy atom. The Labute approximate surface area is 129 Å². The molecular formula is C15H14BrFN2O2. The van der Waals surface area contributed by atoms with Crippen LogP contribution in [0.1, 0.15) is 22.0 Å². The SMILES string of the molecule is Nc1ccc(C(O)CNC(=O)c2ccc(Br)cc2F)cc1. The number of hydrogen-bond donors (Lipinski definition) is 3. The van der Waals surface area contributed by atoms with Crippen LogP contribution in [0.15, 0.2) is 46.9 Å². The van der Waals surface area contributed by atoms with Gasteiger partial charge in [0.25, 0.3) is 5.91 Å². The van der Waals surface area contributed by atoms with Crippen molar-refractivity contribution in [2.75, 3.05) is 12.3 Å². The highest BCUT2D eigenvalue weighted by Gasteiger charge is 2.14. The van der Waals surface area contributed by atoms with E-state index in [-0.39, 0.29) is 12.1 Å².